The molecule has 2 aliphatic carbocycles. The van der Waals surface area contributed by atoms with Crippen molar-refractivity contribution >= 4 is 43.6 Å². The molecule has 0 unspecified atom stereocenters. The van der Waals surface area contributed by atoms with Crippen LogP contribution >= 0.6 is 0 Å². The molecule has 0 amide bonds. The van der Waals surface area contributed by atoms with Gasteiger partial charge in [0.1, 0.15) is 0 Å². The highest BCUT2D eigenvalue weighted by Gasteiger charge is 2.48. The van der Waals surface area contributed by atoms with Crippen molar-refractivity contribution in [2.75, 3.05) is 0 Å². The zero-order valence-electron chi connectivity index (χ0n) is 41.3. The zero-order chi connectivity index (χ0) is 50.0. The lowest BCUT2D eigenvalue weighted by Crippen LogP contribution is -2.28. The molecule has 16 rings (SSSR count). The van der Waals surface area contributed by atoms with Crippen molar-refractivity contribution in [1.29, 1.82) is 0 Å². The summed E-state index contributed by atoms with van der Waals surface area (Å²) in [6, 6.07) is 98.2. The molecule has 0 aliphatic heterocycles. The minimum atomic E-state index is -0.508. The van der Waals surface area contributed by atoms with Crippen molar-refractivity contribution < 1.29 is 0 Å². The normalized spacial score (nSPS) is 13.7. The van der Waals surface area contributed by atoms with Gasteiger partial charge >= 0.3 is 0 Å². The molecule has 0 bridgehead atoms. The Hall–Kier alpha value is -9.90. The van der Waals surface area contributed by atoms with Crippen LogP contribution in [0.15, 0.2) is 279 Å². The van der Waals surface area contributed by atoms with E-state index in [1.807, 2.05) is 12.4 Å². The molecule has 4 aromatic heterocycles. The summed E-state index contributed by atoms with van der Waals surface area (Å²) in [6.45, 7) is 0. The van der Waals surface area contributed by atoms with Crippen LogP contribution in [0.3, 0.4) is 0 Å². The smallest absolute Gasteiger partial charge is 0.0753 e. The number of aromatic nitrogens is 4. The first-order chi connectivity index (χ1) is 37.7. The molecule has 2 aliphatic rings. The van der Waals surface area contributed by atoms with E-state index in [-0.39, 0.29) is 0 Å². The molecule has 0 saturated carbocycles. The van der Waals surface area contributed by atoms with Gasteiger partial charge in [-0.1, -0.05) is 194 Å². The van der Waals surface area contributed by atoms with Crippen LogP contribution in [0.1, 0.15) is 44.5 Å². The number of fused-ring (bicyclic) bond motifs is 12. The summed E-state index contributed by atoms with van der Waals surface area (Å²) < 4.78 is 4.88. The van der Waals surface area contributed by atoms with Gasteiger partial charge in [-0.25, -0.2) is 0 Å². The van der Waals surface area contributed by atoms with Crippen molar-refractivity contribution in [2.45, 2.75) is 10.8 Å². The van der Waals surface area contributed by atoms with E-state index in [4.69, 9.17) is 9.97 Å². The van der Waals surface area contributed by atoms with E-state index in [2.05, 4.69) is 276 Å². The molecule has 4 heterocycles. The van der Waals surface area contributed by atoms with Crippen molar-refractivity contribution in [1.82, 2.24) is 19.1 Å². The van der Waals surface area contributed by atoms with E-state index < -0.39 is 10.8 Å². The molecule has 0 spiro atoms. The van der Waals surface area contributed by atoms with Crippen LogP contribution in [0.5, 0.6) is 0 Å². The van der Waals surface area contributed by atoms with Gasteiger partial charge in [-0.15, -0.1) is 0 Å². The quantitative estimate of drug-likeness (QED) is 0.160. The van der Waals surface area contributed by atoms with Crippen LogP contribution in [0.2, 0.25) is 0 Å². The third-order valence-electron chi connectivity index (χ3n) is 16.8. The van der Waals surface area contributed by atoms with Crippen LogP contribution < -0.4 is 0 Å². The van der Waals surface area contributed by atoms with Gasteiger partial charge in [0.05, 0.1) is 44.3 Å². The Bertz CT molecular complexity index is 4250. The molecule has 76 heavy (non-hydrogen) atoms. The van der Waals surface area contributed by atoms with Gasteiger partial charge in [0.15, 0.2) is 0 Å². The number of nitrogens with zero attached hydrogens (tertiary/aromatic N) is 4. The predicted octanol–water partition coefficient (Wildman–Crippen LogP) is 17.1. The molecule has 0 atom stereocenters. The highest BCUT2D eigenvalue weighted by molar-refractivity contribution is 6.13. The summed E-state index contributed by atoms with van der Waals surface area (Å²) in [5.41, 5.74) is 22.4. The molecule has 0 fully saturated rings. The lowest BCUT2D eigenvalue weighted by atomic mass is 9.68. The monoisotopic (exact) mass is 966 g/mol. The van der Waals surface area contributed by atoms with Gasteiger partial charge in [-0.2, -0.15) is 0 Å². The fraction of sp³-hybridized carbons (Fsp3) is 0.0278. The van der Waals surface area contributed by atoms with E-state index >= 15 is 0 Å². The molecule has 0 N–H and O–H groups in total. The highest BCUT2D eigenvalue weighted by Crippen LogP contribution is 2.58. The molecule has 10 aromatic carbocycles. The summed E-state index contributed by atoms with van der Waals surface area (Å²) in [5.74, 6) is 0. The van der Waals surface area contributed by atoms with Gasteiger partial charge in [0.2, 0.25) is 0 Å². The maximum atomic E-state index is 5.13. The Morgan fingerprint density at radius 1 is 0.263 bits per heavy atom. The Labute approximate surface area is 440 Å². The lowest BCUT2D eigenvalue weighted by Gasteiger charge is -2.33. The van der Waals surface area contributed by atoms with Gasteiger partial charge in [0, 0.05) is 56.4 Å². The second-order valence-corrected chi connectivity index (χ2v) is 20.4. The Balaban J connectivity index is 0.834. The lowest BCUT2D eigenvalue weighted by molar-refractivity contribution is 0.766. The van der Waals surface area contributed by atoms with E-state index in [9.17, 15) is 0 Å². The Morgan fingerprint density at radius 3 is 1.01 bits per heavy atom. The van der Waals surface area contributed by atoms with Gasteiger partial charge in [0.25, 0.3) is 0 Å². The first-order valence-electron chi connectivity index (χ1n) is 26.2. The predicted molar refractivity (Wildman–Crippen MR) is 311 cm³/mol. The van der Waals surface area contributed by atoms with Crippen LogP contribution in [-0.2, 0) is 10.8 Å². The van der Waals surface area contributed by atoms with E-state index in [1.165, 1.54) is 88.2 Å². The highest BCUT2D eigenvalue weighted by atomic mass is 15.0. The van der Waals surface area contributed by atoms with E-state index in [0.717, 1.165) is 44.9 Å². The molecular weight excluding hydrogens is 921 g/mol. The minimum Gasteiger partial charge on any atom is -0.309 e. The van der Waals surface area contributed by atoms with Crippen molar-refractivity contribution in [3.05, 3.63) is 324 Å². The fourth-order valence-corrected chi connectivity index (χ4v) is 13.7. The van der Waals surface area contributed by atoms with Crippen LogP contribution in [0.4, 0.5) is 0 Å². The number of para-hydroxylation sites is 2. The van der Waals surface area contributed by atoms with Crippen LogP contribution in [-0.4, -0.2) is 19.1 Å². The first-order valence-corrected chi connectivity index (χ1v) is 26.2. The summed E-state index contributed by atoms with van der Waals surface area (Å²) in [4.78, 5) is 10.3. The second kappa shape index (κ2) is 16.3. The fourth-order valence-electron chi connectivity index (χ4n) is 13.7. The van der Waals surface area contributed by atoms with Crippen LogP contribution in [0, 0.1) is 0 Å². The Morgan fingerprint density at radius 2 is 0.618 bits per heavy atom. The largest absolute Gasteiger partial charge is 0.309 e. The van der Waals surface area contributed by atoms with Crippen molar-refractivity contribution in [3.63, 3.8) is 0 Å². The molecule has 0 radical (unpaired) electrons. The number of rotatable bonds is 7. The topological polar surface area (TPSA) is 35.6 Å². The first kappa shape index (κ1) is 42.6. The van der Waals surface area contributed by atoms with Gasteiger partial charge < -0.3 is 9.13 Å². The number of hydrogen-bond acceptors (Lipinski definition) is 2. The SMILES string of the molecule is c1ccc(C2(c3ccccc3)c3ccc(-n4c5ccccc5c5cc(-c6ccc7c(c6)c6ccccc6n7-c6ccc7c(c6)-c6ncccc6C7(c6ccccc6)c6ccccc6)ccc54)cc3-c3ncccc32)cc1. The summed E-state index contributed by atoms with van der Waals surface area (Å²) >= 11 is 0. The van der Waals surface area contributed by atoms with E-state index in [1.54, 1.807) is 0 Å². The number of hydrogen-bond donors (Lipinski definition) is 0. The third-order valence-corrected chi connectivity index (χ3v) is 16.8. The summed E-state index contributed by atoms with van der Waals surface area (Å²) in [7, 11) is 0. The molecule has 354 valence electrons. The summed E-state index contributed by atoms with van der Waals surface area (Å²) in [5, 5.41) is 4.86. The average molecular weight is 967 g/mol. The molecule has 14 aromatic rings. The molecular formula is C72H46N4. The van der Waals surface area contributed by atoms with Crippen molar-refractivity contribution in [3.8, 4) is 45.0 Å². The van der Waals surface area contributed by atoms with Crippen LogP contribution in [0.25, 0.3) is 88.6 Å². The molecule has 4 nitrogen and oxygen atoms in total. The maximum Gasteiger partial charge on any atom is 0.0753 e. The molecule has 0 saturated heterocycles. The zero-order valence-corrected chi connectivity index (χ0v) is 41.3. The Kier molecular flexibility index (Phi) is 9.13. The molecule has 4 heteroatoms. The second-order valence-electron chi connectivity index (χ2n) is 20.4. The maximum absolute atomic E-state index is 5.13. The number of pyridine rings is 2. The number of benzene rings is 10. The minimum absolute atomic E-state index is 0.508. The van der Waals surface area contributed by atoms with Gasteiger partial charge in [-0.05, 0) is 128 Å². The summed E-state index contributed by atoms with van der Waals surface area (Å²) in [6.07, 6.45) is 3.87. The van der Waals surface area contributed by atoms with Crippen molar-refractivity contribution in [2.24, 2.45) is 0 Å². The third kappa shape index (κ3) is 5.78. The standard InChI is InChI=1S/C72H46N4/c1-5-19-49(20-6-1)71(50-21-7-2-8-22-50)61-37-35-53(45-59(61)69-63(71)29-17-41-73-69)75-65-31-15-13-27-55(65)57-43-47(33-39-67(57)75)48-34-40-68-58(44-48)56-28-14-16-32-66(56)76(68)54-36-38-62-60(46-54)70-64(30-18-42-74-70)72(62,51-23-9-3-10-24-51)52-25-11-4-12-26-52/h1-46H. The van der Waals surface area contributed by atoms with E-state index in [0.29, 0.717) is 0 Å². The van der Waals surface area contributed by atoms with Gasteiger partial charge in [-0.3, -0.25) is 9.97 Å². The average Bonchev–Trinajstić information content (AvgIpc) is 4.36.